The van der Waals surface area contributed by atoms with Crippen LogP contribution in [0, 0.1) is 5.82 Å². The van der Waals surface area contributed by atoms with Gasteiger partial charge in [-0.3, -0.25) is 4.79 Å². The van der Waals surface area contributed by atoms with Gasteiger partial charge in [-0.1, -0.05) is 18.2 Å². The van der Waals surface area contributed by atoms with Gasteiger partial charge in [0.1, 0.15) is 11.4 Å². The van der Waals surface area contributed by atoms with Gasteiger partial charge >= 0.3 is 0 Å². The average molecular weight is 325 g/mol. The molecule has 1 aromatic heterocycles. The molecule has 2 rings (SSSR count). The van der Waals surface area contributed by atoms with Gasteiger partial charge in [0, 0.05) is 9.77 Å². The van der Waals surface area contributed by atoms with Gasteiger partial charge < -0.3 is 10.4 Å². The third kappa shape index (κ3) is 4.56. The number of thioether (sulfide) groups is 1. The fraction of sp³-hybridized carbons (Fsp3) is 0.267. The van der Waals surface area contributed by atoms with Gasteiger partial charge in [-0.05, 0) is 30.5 Å². The number of hydrogen-bond donors (Lipinski definition) is 2. The summed E-state index contributed by atoms with van der Waals surface area (Å²) in [7, 11) is 0. The van der Waals surface area contributed by atoms with Crippen LogP contribution in [0.5, 0.6) is 0 Å². The van der Waals surface area contributed by atoms with Crippen molar-refractivity contribution in [3.63, 3.8) is 0 Å². The van der Waals surface area contributed by atoms with Gasteiger partial charge in [-0.15, -0.1) is 23.1 Å². The topological polar surface area (TPSA) is 49.3 Å². The molecule has 1 heterocycles. The van der Waals surface area contributed by atoms with Gasteiger partial charge in [-0.25, -0.2) is 4.39 Å². The second-order valence-corrected chi connectivity index (χ2v) is 6.71. The number of nitrogens with one attached hydrogen (secondary N) is 1. The summed E-state index contributed by atoms with van der Waals surface area (Å²) in [4.78, 5) is 13.0. The predicted molar refractivity (Wildman–Crippen MR) is 84.0 cm³/mol. The van der Waals surface area contributed by atoms with Crippen molar-refractivity contribution in [3.8, 4) is 0 Å². The number of thiophene rings is 1. The van der Waals surface area contributed by atoms with Crippen molar-refractivity contribution in [2.75, 3.05) is 12.3 Å². The van der Waals surface area contributed by atoms with E-state index in [0.29, 0.717) is 4.90 Å². The first kappa shape index (κ1) is 16.0. The van der Waals surface area contributed by atoms with Crippen molar-refractivity contribution in [2.45, 2.75) is 17.4 Å². The molecular formula is C15H16FNO2S2. The molecule has 0 saturated carbocycles. The number of amides is 1. The summed E-state index contributed by atoms with van der Waals surface area (Å²) >= 11 is 2.57. The lowest BCUT2D eigenvalue weighted by molar-refractivity contribution is -0.119. The van der Waals surface area contributed by atoms with Gasteiger partial charge in [-0.2, -0.15) is 0 Å². The fourth-order valence-electron chi connectivity index (χ4n) is 1.70. The van der Waals surface area contributed by atoms with Crippen LogP contribution in [0.3, 0.4) is 0 Å². The molecule has 6 heteroatoms. The predicted octanol–water partition coefficient (Wildman–Crippen LogP) is 3.00. The van der Waals surface area contributed by atoms with Crippen molar-refractivity contribution in [1.82, 2.24) is 5.32 Å². The maximum absolute atomic E-state index is 13.4. The summed E-state index contributed by atoms with van der Waals surface area (Å²) in [5.74, 6) is -0.456. The SMILES string of the molecule is CC(O)(CNC(=O)CSc1ccccc1F)c1cccs1. The molecule has 1 unspecified atom stereocenters. The third-order valence-corrected chi connectivity index (χ3v) is 5.05. The number of hydrogen-bond acceptors (Lipinski definition) is 4. The summed E-state index contributed by atoms with van der Waals surface area (Å²) in [6.45, 7) is 1.79. The van der Waals surface area contributed by atoms with E-state index in [1.165, 1.54) is 17.4 Å². The number of carbonyl (C=O) groups is 1. The zero-order valence-electron chi connectivity index (χ0n) is 11.5. The molecule has 3 nitrogen and oxygen atoms in total. The Morgan fingerprint density at radius 1 is 1.38 bits per heavy atom. The highest BCUT2D eigenvalue weighted by Gasteiger charge is 2.24. The fourth-order valence-corrected chi connectivity index (χ4v) is 3.26. The van der Waals surface area contributed by atoms with Crippen LogP contribution in [0.1, 0.15) is 11.8 Å². The van der Waals surface area contributed by atoms with Crippen LogP contribution in [0.15, 0.2) is 46.7 Å². The molecular weight excluding hydrogens is 309 g/mol. The highest BCUT2D eigenvalue weighted by Crippen LogP contribution is 2.24. The molecule has 112 valence electrons. The summed E-state index contributed by atoms with van der Waals surface area (Å²) < 4.78 is 13.4. The van der Waals surface area contributed by atoms with E-state index in [4.69, 9.17) is 0 Å². The number of carbonyl (C=O) groups excluding carboxylic acids is 1. The minimum Gasteiger partial charge on any atom is -0.383 e. The summed E-state index contributed by atoms with van der Waals surface area (Å²) in [6.07, 6.45) is 0. The van der Waals surface area contributed by atoms with Gasteiger partial charge in [0.2, 0.25) is 5.91 Å². The molecule has 0 aliphatic rings. The van der Waals surface area contributed by atoms with E-state index < -0.39 is 5.60 Å². The lowest BCUT2D eigenvalue weighted by Gasteiger charge is -2.22. The Morgan fingerprint density at radius 3 is 2.81 bits per heavy atom. The minimum absolute atomic E-state index is 0.113. The quantitative estimate of drug-likeness (QED) is 0.803. The van der Waals surface area contributed by atoms with Crippen LogP contribution in [-0.2, 0) is 10.4 Å². The smallest absolute Gasteiger partial charge is 0.230 e. The van der Waals surface area contributed by atoms with Gasteiger partial charge in [0.05, 0.1) is 12.3 Å². The van der Waals surface area contributed by atoms with Crippen LogP contribution in [0.2, 0.25) is 0 Å². The zero-order valence-corrected chi connectivity index (χ0v) is 13.1. The second-order valence-electron chi connectivity index (χ2n) is 4.75. The molecule has 0 aliphatic heterocycles. The molecule has 1 atom stereocenters. The summed E-state index contributed by atoms with van der Waals surface area (Å²) in [5, 5.41) is 14.8. The molecule has 0 saturated heterocycles. The third-order valence-electron chi connectivity index (χ3n) is 2.88. The molecule has 0 fully saturated rings. The van der Waals surface area contributed by atoms with Crippen molar-refractivity contribution < 1.29 is 14.3 Å². The van der Waals surface area contributed by atoms with E-state index in [1.54, 1.807) is 25.1 Å². The lowest BCUT2D eigenvalue weighted by Crippen LogP contribution is -2.38. The van der Waals surface area contributed by atoms with Gasteiger partial charge in [0.15, 0.2) is 0 Å². The highest BCUT2D eigenvalue weighted by atomic mass is 32.2. The molecule has 0 aliphatic carbocycles. The van der Waals surface area contributed by atoms with E-state index in [-0.39, 0.29) is 24.0 Å². The molecule has 1 aromatic carbocycles. The van der Waals surface area contributed by atoms with Crippen molar-refractivity contribution in [1.29, 1.82) is 0 Å². The Labute approximate surface area is 131 Å². The molecule has 0 bridgehead atoms. The Kier molecular flexibility index (Phi) is 5.39. The average Bonchev–Trinajstić information content (AvgIpc) is 2.99. The van der Waals surface area contributed by atoms with Crippen molar-refractivity contribution in [3.05, 3.63) is 52.5 Å². The highest BCUT2D eigenvalue weighted by molar-refractivity contribution is 8.00. The summed E-state index contributed by atoms with van der Waals surface area (Å²) in [5.41, 5.74) is -1.09. The molecule has 1 amide bonds. The Balaban J connectivity index is 1.82. The number of halogens is 1. The lowest BCUT2D eigenvalue weighted by atomic mass is 10.1. The normalized spacial score (nSPS) is 13.7. The molecule has 0 spiro atoms. The second kappa shape index (κ2) is 7.06. The first-order valence-corrected chi connectivity index (χ1v) is 8.26. The first-order valence-electron chi connectivity index (χ1n) is 6.39. The molecule has 2 aromatic rings. The van der Waals surface area contributed by atoms with E-state index in [2.05, 4.69) is 5.32 Å². The maximum atomic E-state index is 13.4. The summed E-state index contributed by atoms with van der Waals surface area (Å²) in [6, 6.07) is 10.0. The molecule has 0 radical (unpaired) electrons. The Bertz CT molecular complexity index is 599. The number of aliphatic hydroxyl groups is 1. The van der Waals surface area contributed by atoms with Gasteiger partial charge in [0.25, 0.3) is 0 Å². The molecule has 21 heavy (non-hydrogen) atoms. The van der Waals surface area contributed by atoms with E-state index >= 15 is 0 Å². The van der Waals surface area contributed by atoms with E-state index in [9.17, 15) is 14.3 Å². The largest absolute Gasteiger partial charge is 0.383 e. The monoisotopic (exact) mass is 325 g/mol. The van der Waals surface area contributed by atoms with Crippen LogP contribution in [0.4, 0.5) is 4.39 Å². The van der Waals surface area contributed by atoms with E-state index in [0.717, 1.165) is 16.6 Å². The maximum Gasteiger partial charge on any atom is 0.230 e. The van der Waals surface area contributed by atoms with Crippen LogP contribution >= 0.6 is 23.1 Å². The minimum atomic E-state index is -1.09. The Hall–Kier alpha value is -1.37. The first-order chi connectivity index (χ1) is 9.99. The standard InChI is InChI=1S/C15H16FNO2S2/c1-15(19,13-7-4-8-20-13)10-17-14(18)9-21-12-6-3-2-5-11(12)16/h2-8,19H,9-10H2,1H3,(H,17,18). The molecule has 2 N–H and O–H groups in total. The van der Waals surface area contributed by atoms with Crippen LogP contribution in [-0.4, -0.2) is 23.3 Å². The van der Waals surface area contributed by atoms with Crippen LogP contribution < -0.4 is 5.32 Å². The number of rotatable bonds is 6. The van der Waals surface area contributed by atoms with Crippen molar-refractivity contribution >= 4 is 29.0 Å². The zero-order chi connectivity index (χ0) is 15.3. The van der Waals surface area contributed by atoms with E-state index in [1.807, 2.05) is 17.5 Å². The number of benzene rings is 1. The Morgan fingerprint density at radius 2 is 2.14 bits per heavy atom. The van der Waals surface area contributed by atoms with Crippen molar-refractivity contribution in [2.24, 2.45) is 0 Å². The van der Waals surface area contributed by atoms with Crippen LogP contribution in [0.25, 0.3) is 0 Å².